The third-order valence-corrected chi connectivity index (χ3v) is 3.76. The molecule has 1 N–H and O–H groups in total. The van der Waals surface area contributed by atoms with Crippen molar-refractivity contribution >= 4 is 21.6 Å². The largest absolute Gasteiger partial charge is 0.384 e. The number of rotatable bonds is 7. The Hall–Kier alpha value is -0.620. The summed E-state index contributed by atoms with van der Waals surface area (Å²) in [5.41, 5.74) is 1.01. The van der Waals surface area contributed by atoms with Crippen molar-refractivity contribution in [2.24, 2.45) is 0 Å². The van der Waals surface area contributed by atoms with E-state index < -0.39 is 10.0 Å². The summed E-state index contributed by atoms with van der Waals surface area (Å²) in [5.74, 6) is -0.0148. The number of hydrogen-bond donors (Lipinski definition) is 1. The number of hydrogen-bond acceptors (Lipinski definition) is 3. The van der Waals surface area contributed by atoms with Crippen LogP contribution in [-0.2, 0) is 21.2 Å². The van der Waals surface area contributed by atoms with Gasteiger partial charge in [0.1, 0.15) is 0 Å². The number of benzene rings is 1. The van der Waals surface area contributed by atoms with Gasteiger partial charge in [-0.05, 0) is 24.1 Å². The van der Waals surface area contributed by atoms with E-state index in [1.807, 2.05) is 18.2 Å². The van der Waals surface area contributed by atoms with E-state index in [2.05, 4.69) is 4.72 Å². The smallest absolute Gasteiger partial charge is 0.213 e. The van der Waals surface area contributed by atoms with Gasteiger partial charge in [0.15, 0.2) is 0 Å². The van der Waals surface area contributed by atoms with Gasteiger partial charge in [0.25, 0.3) is 0 Å². The molecular formula is C11H16ClNO3S. The van der Waals surface area contributed by atoms with E-state index in [-0.39, 0.29) is 12.4 Å². The molecule has 17 heavy (non-hydrogen) atoms. The first kappa shape index (κ1) is 14.4. The van der Waals surface area contributed by atoms with E-state index in [0.717, 1.165) is 5.56 Å². The Kier molecular flexibility index (Phi) is 5.91. The van der Waals surface area contributed by atoms with Crippen LogP contribution in [0.15, 0.2) is 24.3 Å². The van der Waals surface area contributed by atoms with Gasteiger partial charge in [0.2, 0.25) is 10.0 Å². The third kappa shape index (κ3) is 6.02. The Bertz CT molecular complexity index is 448. The minimum absolute atomic E-state index is 0.0148. The average Bonchev–Trinajstić information content (AvgIpc) is 2.26. The summed E-state index contributed by atoms with van der Waals surface area (Å²) in [7, 11) is -1.76. The molecule has 0 amide bonds. The van der Waals surface area contributed by atoms with Gasteiger partial charge in [-0.25, -0.2) is 13.1 Å². The molecule has 0 bridgehead atoms. The molecule has 0 aliphatic carbocycles. The second-order valence-corrected chi connectivity index (χ2v) is 5.95. The Morgan fingerprint density at radius 1 is 1.41 bits per heavy atom. The molecule has 6 heteroatoms. The third-order valence-electron chi connectivity index (χ3n) is 2.18. The molecule has 1 aromatic carbocycles. The Morgan fingerprint density at radius 3 is 2.82 bits per heavy atom. The molecule has 0 fully saturated rings. The molecule has 1 aromatic rings. The Balaban J connectivity index is 2.37. The molecule has 0 heterocycles. The zero-order valence-corrected chi connectivity index (χ0v) is 11.2. The first-order chi connectivity index (χ1) is 8.03. The van der Waals surface area contributed by atoms with Crippen LogP contribution in [0.5, 0.6) is 0 Å². The molecule has 0 spiro atoms. The first-order valence-corrected chi connectivity index (χ1v) is 7.27. The molecule has 0 aliphatic rings. The summed E-state index contributed by atoms with van der Waals surface area (Å²) in [6.45, 7) is 0.568. The van der Waals surface area contributed by atoms with Gasteiger partial charge in [0, 0.05) is 18.7 Å². The van der Waals surface area contributed by atoms with Gasteiger partial charge < -0.3 is 4.74 Å². The fourth-order valence-corrected chi connectivity index (χ4v) is 2.46. The molecule has 0 aliphatic heterocycles. The molecule has 4 nitrogen and oxygen atoms in total. The summed E-state index contributed by atoms with van der Waals surface area (Å²) >= 11 is 5.83. The lowest BCUT2D eigenvalue weighted by Crippen LogP contribution is -2.29. The fraction of sp³-hybridized carbons (Fsp3) is 0.455. The minimum atomic E-state index is -3.23. The van der Waals surface area contributed by atoms with Crippen LogP contribution in [0.25, 0.3) is 0 Å². The lowest BCUT2D eigenvalue weighted by atomic mass is 10.2. The van der Waals surface area contributed by atoms with Crippen molar-refractivity contribution in [2.45, 2.75) is 6.42 Å². The van der Waals surface area contributed by atoms with Crippen LogP contribution in [0.3, 0.4) is 0 Å². The number of sulfonamides is 1. The van der Waals surface area contributed by atoms with Crippen molar-refractivity contribution in [3.8, 4) is 0 Å². The SMILES string of the molecule is COCCS(=O)(=O)NCCc1cccc(Cl)c1. The standard InChI is InChI=1S/C11H16ClNO3S/c1-16-7-8-17(14,15)13-6-5-10-3-2-4-11(12)9-10/h2-4,9,13H,5-8H2,1H3. The van der Waals surface area contributed by atoms with Gasteiger partial charge >= 0.3 is 0 Å². The Morgan fingerprint density at radius 2 is 2.18 bits per heavy atom. The molecule has 96 valence electrons. The molecule has 0 saturated carbocycles. The maximum absolute atomic E-state index is 11.4. The van der Waals surface area contributed by atoms with E-state index >= 15 is 0 Å². The number of methoxy groups -OCH3 is 1. The lowest BCUT2D eigenvalue weighted by Gasteiger charge is -2.06. The highest BCUT2D eigenvalue weighted by molar-refractivity contribution is 7.89. The van der Waals surface area contributed by atoms with Crippen LogP contribution in [0.1, 0.15) is 5.56 Å². The van der Waals surface area contributed by atoms with Crippen molar-refractivity contribution < 1.29 is 13.2 Å². The molecule has 0 saturated heterocycles. The predicted molar refractivity (Wildman–Crippen MR) is 68.8 cm³/mol. The molecular weight excluding hydrogens is 262 g/mol. The number of ether oxygens (including phenoxy) is 1. The zero-order chi connectivity index (χ0) is 12.7. The van der Waals surface area contributed by atoms with E-state index in [4.69, 9.17) is 16.3 Å². The van der Waals surface area contributed by atoms with E-state index in [1.54, 1.807) is 6.07 Å². The van der Waals surface area contributed by atoms with Crippen molar-refractivity contribution in [1.82, 2.24) is 4.72 Å². The maximum Gasteiger partial charge on any atom is 0.213 e. The monoisotopic (exact) mass is 277 g/mol. The molecule has 0 aromatic heterocycles. The first-order valence-electron chi connectivity index (χ1n) is 5.24. The zero-order valence-electron chi connectivity index (χ0n) is 9.65. The maximum atomic E-state index is 11.4. The van der Waals surface area contributed by atoms with Crippen LogP contribution in [0.4, 0.5) is 0 Å². The topological polar surface area (TPSA) is 55.4 Å². The van der Waals surface area contributed by atoms with Gasteiger partial charge in [-0.2, -0.15) is 0 Å². The van der Waals surface area contributed by atoms with Gasteiger partial charge in [0.05, 0.1) is 12.4 Å². The average molecular weight is 278 g/mol. The molecule has 1 rings (SSSR count). The van der Waals surface area contributed by atoms with E-state index in [0.29, 0.717) is 18.0 Å². The van der Waals surface area contributed by atoms with Gasteiger partial charge in [-0.15, -0.1) is 0 Å². The summed E-state index contributed by atoms with van der Waals surface area (Å²) in [6.07, 6.45) is 0.618. The van der Waals surface area contributed by atoms with Crippen molar-refractivity contribution in [1.29, 1.82) is 0 Å². The van der Waals surface area contributed by atoms with Gasteiger partial charge in [-0.1, -0.05) is 23.7 Å². The predicted octanol–water partition coefficient (Wildman–Crippen LogP) is 1.45. The summed E-state index contributed by atoms with van der Waals surface area (Å²) in [6, 6.07) is 7.37. The Labute approximate surface area is 107 Å². The fourth-order valence-electron chi connectivity index (χ4n) is 1.31. The summed E-state index contributed by atoms with van der Waals surface area (Å²) < 4.78 is 30.1. The van der Waals surface area contributed by atoms with E-state index in [9.17, 15) is 8.42 Å². The minimum Gasteiger partial charge on any atom is -0.384 e. The second kappa shape index (κ2) is 6.96. The van der Waals surface area contributed by atoms with Crippen molar-refractivity contribution in [3.05, 3.63) is 34.9 Å². The van der Waals surface area contributed by atoms with E-state index in [1.165, 1.54) is 7.11 Å². The summed E-state index contributed by atoms with van der Waals surface area (Å²) in [5, 5.41) is 0.657. The van der Waals surface area contributed by atoms with Crippen molar-refractivity contribution in [3.63, 3.8) is 0 Å². The van der Waals surface area contributed by atoms with Crippen LogP contribution >= 0.6 is 11.6 Å². The highest BCUT2D eigenvalue weighted by Crippen LogP contribution is 2.10. The lowest BCUT2D eigenvalue weighted by molar-refractivity contribution is 0.217. The van der Waals surface area contributed by atoms with Crippen LogP contribution in [0, 0.1) is 0 Å². The number of halogens is 1. The highest BCUT2D eigenvalue weighted by atomic mass is 35.5. The molecule has 0 radical (unpaired) electrons. The molecule has 0 unspecified atom stereocenters. The number of nitrogens with one attached hydrogen (secondary N) is 1. The van der Waals surface area contributed by atoms with Crippen molar-refractivity contribution in [2.75, 3.05) is 26.0 Å². The van der Waals surface area contributed by atoms with Crippen LogP contribution in [0.2, 0.25) is 5.02 Å². The van der Waals surface area contributed by atoms with Crippen LogP contribution < -0.4 is 4.72 Å². The normalized spacial score (nSPS) is 11.6. The quantitative estimate of drug-likeness (QED) is 0.821. The highest BCUT2D eigenvalue weighted by Gasteiger charge is 2.08. The summed E-state index contributed by atoms with van der Waals surface area (Å²) in [4.78, 5) is 0. The second-order valence-electron chi connectivity index (χ2n) is 3.59. The van der Waals surface area contributed by atoms with Crippen LogP contribution in [-0.4, -0.2) is 34.4 Å². The molecule has 0 atom stereocenters. The van der Waals surface area contributed by atoms with Gasteiger partial charge in [-0.3, -0.25) is 0 Å².